The average molecular weight is 393 g/mol. The van der Waals surface area contributed by atoms with Crippen LogP contribution in [0.2, 0.25) is 0 Å². The molecular weight excluding hydrogens is 376 g/mol. The molecule has 6 heteroatoms. The molecule has 0 atom stereocenters. The predicted octanol–water partition coefficient (Wildman–Crippen LogP) is 4.16. The molecule has 0 saturated heterocycles. The Balaban J connectivity index is 2.25. The summed E-state index contributed by atoms with van der Waals surface area (Å²) in [6.07, 6.45) is 3.02. The lowest BCUT2D eigenvalue weighted by atomic mass is 10.1. The van der Waals surface area contributed by atoms with E-state index >= 15 is 0 Å². The Morgan fingerprint density at radius 2 is 1.96 bits per heavy atom. The van der Waals surface area contributed by atoms with Crippen molar-refractivity contribution >= 4 is 27.8 Å². The van der Waals surface area contributed by atoms with E-state index in [0.29, 0.717) is 28.0 Å². The molecule has 0 saturated carbocycles. The maximum atomic E-state index is 12.2. The van der Waals surface area contributed by atoms with Crippen molar-refractivity contribution in [3.8, 4) is 23.0 Å². The van der Waals surface area contributed by atoms with Gasteiger partial charge in [0.1, 0.15) is 0 Å². The first-order valence-electron chi connectivity index (χ1n) is 7.21. The van der Waals surface area contributed by atoms with Crippen molar-refractivity contribution in [2.75, 3.05) is 13.7 Å². The number of carbonyl (C=O) groups is 1. The number of benzene rings is 2. The maximum Gasteiger partial charge on any atom is 0.185 e. The Labute approximate surface area is 148 Å². The zero-order valence-electron chi connectivity index (χ0n) is 13.2. The van der Waals surface area contributed by atoms with Crippen LogP contribution in [0.3, 0.4) is 0 Å². The number of rotatable bonds is 6. The van der Waals surface area contributed by atoms with E-state index in [0.717, 1.165) is 0 Å². The topological polar surface area (TPSA) is 76.0 Å². The van der Waals surface area contributed by atoms with Crippen LogP contribution in [0.25, 0.3) is 6.08 Å². The summed E-state index contributed by atoms with van der Waals surface area (Å²) in [6, 6.07) is 7.72. The van der Waals surface area contributed by atoms with Crippen LogP contribution in [0, 0.1) is 0 Å². The first kappa shape index (κ1) is 17.9. The molecule has 0 fully saturated rings. The van der Waals surface area contributed by atoms with Crippen molar-refractivity contribution < 1.29 is 24.5 Å². The second kappa shape index (κ2) is 7.88. The van der Waals surface area contributed by atoms with Gasteiger partial charge in [-0.25, -0.2) is 0 Å². The Morgan fingerprint density at radius 1 is 1.21 bits per heavy atom. The zero-order valence-corrected chi connectivity index (χ0v) is 14.8. The molecule has 0 spiro atoms. The Kier molecular flexibility index (Phi) is 5.87. The van der Waals surface area contributed by atoms with Gasteiger partial charge < -0.3 is 19.7 Å². The van der Waals surface area contributed by atoms with Gasteiger partial charge in [0.2, 0.25) is 0 Å². The summed E-state index contributed by atoms with van der Waals surface area (Å²) < 4.78 is 10.8. The van der Waals surface area contributed by atoms with Crippen LogP contribution >= 0.6 is 15.9 Å². The summed E-state index contributed by atoms with van der Waals surface area (Å²) in [7, 11) is 1.42. The van der Waals surface area contributed by atoms with Crippen LogP contribution in [0.4, 0.5) is 0 Å². The molecule has 2 N–H and O–H groups in total. The summed E-state index contributed by atoms with van der Waals surface area (Å²) in [5.41, 5.74) is 1.09. The molecule has 0 aromatic heterocycles. The van der Waals surface area contributed by atoms with Crippen LogP contribution in [0.5, 0.6) is 23.0 Å². The van der Waals surface area contributed by atoms with Crippen LogP contribution in [-0.4, -0.2) is 29.7 Å². The third-order valence-electron chi connectivity index (χ3n) is 3.24. The fourth-order valence-corrected chi connectivity index (χ4v) is 2.51. The fourth-order valence-electron chi connectivity index (χ4n) is 2.05. The van der Waals surface area contributed by atoms with Crippen molar-refractivity contribution in [3.05, 3.63) is 52.0 Å². The number of methoxy groups -OCH3 is 1. The number of carbonyl (C=O) groups excluding carboxylic acids is 1. The van der Waals surface area contributed by atoms with Gasteiger partial charge in [0.05, 0.1) is 18.2 Å². The number of aromatic hydroxyl groups is 2. The average Bonchev–Trinajstić information content (AvgIpc) is 2.57. The van der Waals surface area contributed by atoms with Gasteiger partial charge in [0.25, 0.3) is 0 Å². The molecular formula is C18H17BrO5. The van der Waals surface area contributed by atoms with E-state index in [1.165, 1.54) is 31.4 Å². The molecule has 0 bridgehead atoms. The van der Waals surface area contributed by atoms with E-state index in [1.807, 2.05) is 6.92 Å². The number of ether oxygens (including phenoxy) is 2. The minimum absolute atomic E-state index is 0.0172. The van der Waals surface area contributed by atoms with E-state index in [-0.39, 0.29) is 23.0 Å². The molecule has 0 heterocycles. The second-order valence-corrected chi connectivity index (χ2v) is 5.72. The summed E-state index contributed by atoms with van der Waals surface area (Å²) in [4.78, 5) is 12.2. The van der Waals surface area contributed by atoms with Gasteiger partial charge in [0, 0.05) is 5.56 Å². The Morgan fingerprint density at radius 3 is 2.62 bits per heavy atom. The lowest BCUT2D eigenvalue weighted by Crippen LogP contribution is -1.96. The van der Waals surface area contributed by atoms with Gasteiger partial charge in [-0.3, -0.25) is 4.79 Å². The quantitative estimate of drug-likeness (QED) is 0.569. The molecule has 0 unspecified atom stereocenters. The van der Waals surface area contributed by atoms with Crippen molar-refractivity contribution in [1.82, 2.24) is 0 Å². The molecule has 126 valence electrons. The molecule has 0 aliphatic heterocycles. The Hall–Kier alpha value is -2.47. The summed E-state index contributed by atoms with van der Waals surface area (Å²) in [5.74, 6) is 0.325. The smallest absolute Gasteiger partial charge is 0.185 e. The van der Waals surface area contributed by atoms with Gasteiger partial charge in [-0.05, 0) is 64.8 Å². The number of hydrogen-bond acceptors (Lipinski definition) is 5. The van der Waals surface area contributed by atoms with E-state index < -0.39 is 0 Å². The SMILES string of the molecule is CCOc1cc(/C=C/C(=O)c2ccc(O)c(OC)c2)cc(Br)c1O. The maximum absolute atomic E-state index is 12.2. The summed E-state index contributed by atoms with van der Waals surface area (Å²) in [6.45, 7) is 2.23. The zero-order chi connectivity index (χ0) is 17.7. The van der Waals surface area contributed by atoms with Crippen LogP contribution in [0.1, 0.15) is 22.8 Å². The molecule has 2 aromatic rings. The summed E-state index contributed by atoms with van der Waals surface area (Å²) >= 11 is 3.25. The van der Waals surface area contributed by atoms with Gasteiger partial charge in [0.15, 0.2) is 28.8 Å². The minimum atomic E-state index is -0.240. The second-order valence-electron chi connectivity index (χ2n) is 4.87. The van der Waals surface area contributed by atoms with Gasteiger partial charge in [-0.2, -0.15) is 0 Å². The van der Waals surface area contributed by atoms with E-state index in [2.05, 4.69) is 15.9 Å². The fraction of sp³-hybridized carbons (Fsp3) is 0.167. The minimum Gasteiger partial charge on any atom is -0.504 e. The summed E-state index contributed by atoms with van der Waals surface area (Å²) in [5, 5.41) is 19.5. The highest BCUT2D eigenvalue weighted by Gasteiger charge is 2.10. The van der Waals surface area contributed by atoms with Crippen molar-refractivity contribution in [3.63, 3.8) is 0 Å². The first-order chi connectivity index (χ1) is 11.5. The highest BCUT2D eigenvalue weighted by molar-refractivity contribution is 9.10. The number of allylic oxidation sites excluding steroid dienone is 1. The lowest BCUT2D eigenvalue weighted by molar-refractivity contribution is 0.104. The van der Waals surface area contributed by atoms with Crippen LogP contribution in [0.15, 0.2) is 40.9 Å². The Bertz CT molecular complexity index is 783. The van der Waals surface area contributed by atoms with Gasteiger partial charge >= 0.3 is 0 Å². The van der Waals surface area contributed by atoms with E-state index in [9.17, 15) is 15.0 Å². The number of halogens is 1. The van der Waals surface area contributed by atoms with Crippen LogP contribution in [-0.2, 0) is 0 Å². The normalized spacial score (nSPS) is 10.8. The first-order valence-corrected chi connectivity index (χ1v) is 8.00. The molecule has 24 heavy (non-hydrogen) atoms. The highest BCUT2D eigenvalue weighted by atomic mass is 79.9. The predicted molar refractivity (Wildman–Crippen MR) is 95.0 cm³/mol. The van der Waals surface area contributed by atoms with Crippen molar-refractivity contribution in [2.45, 2.75) is 6.92 Å². The standard InChI is InChI=1S/C18H17BrO5/c1-3-24-17-9-11(8-13(19)18(17)22)4-6-14(20)12-5-7-15(21)16(10-12)23-2/h4-10,21-22H,3H2,1-2H3/b6-4+. The number of ketones is 1. The highest BCUT2D eigenvalue weighted by Crippen LogP contribution is 2.36. The number of phenols is 2. The van der Waals surface area contributed by atoms with E-state index in [4.69, 9.17) is 9.47 Å². The number of phenolic OH excluding ortho intramolecular Hbond substituents is 2. The van der Waals surface area contributed by atoms with Gasteiger partial charge in [-0.1, -0.05) is 6.08 Å². The van der Waals surface area contributed by atoms with Gasteiger partial charge in [-0.15, -0.1) is 0 Å². The molecule has 0 radical (unpaired) electrons. The molecule has 2 aromatic carbocycles. The van der Waals surface area contributed by atoms with Crippen molar-refractivity contribution in [2.24, 2.45) is 0 Å². The lowest BCUT2D eigenvalue weighted by Gasteiger charge is -2.08. The number of hydrogen-bond donors (Lipinski definition) is 2. The molecule has 0 aliphatic carbocycles. The molecule has 2 rings (SSSR count). The molecule has 0 aliphatic rings. The van der Waals surface area contributed by atoms with Crippen LogP contribution < -0.4 is 9.47 Å². The third kappa shape index (κ3) is 4.08. The van der Waals surface area contributed by atoms with Crippen molar-refractivity contribution in [1.29, 1.82) is 0 Å². The molecule has 5 nitrogen and oxygen atoms in total. The largest absolute Gasteiger partial charge is 0.504 e. The third-order valence-corrected chi connectivity index (χ3v) is 3.85. The molecule has 0 amide bonds. The monoisotopic (exact) mass is 392 g/mol. The van der Waals surface area contributed by atoms with E-state index in [1.54, 1.807) is 18.2 Å².